The molecule has 5 heteroatoms. The average Bonchev–Trinajstić information content (AvgIpc) is 2.30. The van der Waals surface area contributed by atoms with Gasteiger partial charge in [0.2, 0.25) is 0 Å². The summed E-state index contributed by atoms with van der Waals surface area (Å²) in [6.07, 6.45) is 0. The van der Waals surface area contributed by atoms with Crippen LogP contribution in [0, 0.1) is 0 Å². The van der Waals surface area contributed by atoms with Crippen LogP contribution in [0.2, 0.25) is 0 Å². The molecule has 0 atom stereocenters. The Morgan fingerprint density at radius 3 is 1.47 bits per heavy atom. The van der Waals surface area contributed by atoms with Gasteiger partial charge in [0.05, 0.1) is 0 Å². The van der Waals surface area contributed by atoms with E-state index in [-0.39, 0.29) is 0 Å². The van der Waals surface area contributed by atoms with Gasteiger partial charge in [0.1, 0.15) is 0 Å². The molecule has 0 spiro atoms. The zero-order valence-corrected chi connectivity index (χ0v) is 11.3. The summed E-state index contributed by atoms with van der Waals surface area (Å²) < 4.78 is 10.7. The summed E-state index contributed by atoms with van der Waals surface area (Å²) in [7, 11) is 0. The molecule has 88 valence electrons. The van der Waals surface area contributed by atoms with E-state index < -0.39 is 6.65 Å². The minimum atomic E-state index is -3.07. The molecule has 0 saturated heterocycles. The van der Waals surface area contributed by atoms with Crippen LogP contribution in [0.25, 0.3) is 0 Å². The number of para-hydroxylation sites is 2. The minimum absolute atomic E-state index is 0.552. The lowest BCUT2D eigenvalue weighted by Crippen LogP contribution is -2.01. The van der Waals surface area contributed by atoms with Gasteiger partial charge in [-0.2, -0.15) is 4.89 Å². The maximum atomic E-state index is 10.0. The molecule has 2 aromatic rings. The minimum Gasteiger partial charge on any atom is -0.270 e. The highest BCUT2D eigenvalue weighted by molar-refractivity contribution is 9.40. The summed E-state index contributed by atoms with van der Waals surface area (Å²) in [5, 5.41) is 0. The number of hydrogen-bond acceptors (Lipinski definition) is 3. The Morgan fingerprint density at radius 2 is 1.12 bits per heavy atom. The van der Waals surface area contributed by atoms with Crippen LogP contribution in [0.3, 0.4) is 0 Å². The van der Waals surface area contributed by atoms with Crippen molar-refractivity contribution in [3.05, 3.63) is 60.7 Å². The Bertz CT molecular complexity index is 418. The van der Waals surface area contributed by atoms with Gasteiger partial charge in [0, 0.05) is 0 Å². The van der Waals surface area contributed by atoms with Gasteiger partial charge < -0.3 is 0 Å². The largest absolute Gasteiger partial charge is 0.572 e. The molecule has 0 unspecified atom stereocenters. The van der Waals surface area contributed by atoms with E-state index in [0.717, 1.165) is 0 Å². The van der Waals surface area contributed by atoms with E-state index in [9.17, 15) is 4.89 Å². The first-order valence-electron chi connectivity index (χ1n) is 4.96. The van der Waals surface area contributed by atoms with E-state index >= 15 is 0 Å². The Kier molecular flexibility index (Phi) is 4.00. The number of hydrogen-bond donors (Lipinski definition) is 1. The predicted octanol–water partition coefficient (Wildman–Crippen LogP) is 4.21. The Balaban J connectivity index is 2.04. The molecule has 0 aromatic heterocycles. The van der Waals surface area contributed by atoms with E-state index in [4.69, 9.17) is 9.05 Å². The number of benzene rings is 2. The zero-order chi connectivity index (χ0) is 12.1. The molecule has 17 heavy (non-hydrogen) atoms. The lowest BCUT2D eigenvalue weighted by atomic mass is 10.3. The van der Waals surface area contributed by atoms with Gasteiger partial charge in [0.25, 0.3) is 15.5 Å². The predicted molar refractivity (Wildman–Crippen MR) is 72.2 cm³/mol. The molecule has 0 heterocycles. The van der Waals surface area contributed by atoms with Crippen LogP contribution >= 0.6 is 22.1 Å². The topological polar surface area (TPSA) is 38.7 Å². The summed E-state index contributed by atoms with van der Waals surface area (Å²) in [5.41, 5.74) is 0. The molecule has 2 aromatic carbocycles. The molecule has 0 amide bonds. The molecule has 1 N–H and O–H groups in total. The van der Waals surface area contributed by atoms with Crippen molar-refractivity contribution >= 4 is 22.1 Å². The highest BCUT2D eigenvalue weighted by Gasteiger charge is 2.41. The molecule has 3 nitrogen and oxygen atoms in total. The first kappa shape index (κ1) is 12.4. The fourth-order valence-electron chi connectivity index (χ4n) is 1.24. The molecule has 0 fully saturated rings. The summed E-state index contributed by atoms with van der Waals surface area (Å²) in [4.78, 5) is 10.0. The van der Waals surface area contributed by atoms with Gasteiger partial charge in [0.15, 0.2) is 11.5 Å². The summed E-state index contributed by atoms with van der Waals surface area (Å²) in [6, 6.07) is 18.0. The van der Waals surface area contributed by atoms with Crippen LogP contribution in [-0.2, 0) is 0 Å². The van der Waals surface area contributed by atoms with Crippen molar-refractivity contribution < 1.29 is 13.9 Å². The molecule has 0 aliphatic heterocycles. The second-order valence-electron chi connectivity index (χ2n) is 3.26. The maximum Gasteiger partial charge on any atom is 0.572 e. The highest BCUT2D eigenvalue weighted by Crippen LogP contribution is 2.63. The van der Waals surface area contributed by atoms with Gasteiger partial charge in [-0.25, -0.2) is 0 Å². The van der Waals surface area contributed by atoms with Crippen molar-refractivity contribution in [3.8, 4) is 11.5 Å². The molecular weight excluding hydrogens is 303 g/mol. The summed E-state index contributed by atoms with van der Waals surface area (Å²) >= 11 is 3.08. The fourth-order valence-corrected chi connectivity index (χ4v) is 3.05. The third kappa shape index (κ3) is 4.00. The van der Waals surface area contributed by atoms with Crippen molar-refractivity contribution in [1.29, 1.82) is 0 Å². The third-order valence-corrected chi connectivity index (χ3v) is 3.66. The SMILES string of the molecule is O[P+](Br)(Oc1ccccc1)Oc1ccccc1. The second kappa shape index (κ2) is 5.50. The van der Waals surface area contributed by atoms with E-state index in [0.29, 0.717) is 11.5 Å². The van der Waals surface area contributed by atoms with E-state index in [1.807, 2.05) is 36.4 Å². The van der Waals surface area contributed by atoms with Gasteiger partial charge in [-0.05, 0) is 24.3 Å². The first-order chi connectivity index (χ1) is 8.16. The average molecular weight is 314 g/mol. The number of rotatable bonds is 4. The van der Waals surface area contributed by atoms with Crippen LogP contribution in [0.1, 0.15) is 0 Å². The Hall–Kier alpha value is -1.09. The van der Waals surface area contributed by atoms with Crippen molar-refractivity contribution in [2.45, 2.75) is 0 Å². The van der Waals surface area contributed by atoms with E-state index in [1.165, 1.54) is 0 Å². The Morgan fingerprint density at radius 1 is 0.765 bits per heavy atom. The smallest absolute Gasteiger partial charge is 0.270 e. The van der Waals surface area contributed by atoms with Crippen LogP contribution in [0.5, 0.6) is 11.5 Å². The van der Waals surface area contributed by atoms with Gasteiger partial charge in [-0.1, -0.05) is 36.4 Å². The Labute approximate surface area is 108 Å². The van der Waals surface area contributed by atoms with Gasteiger partial charge in [-0.3, -0.25) is 9.05 Å². The first-order valence-corrected chi connectivity index (χ1v) is 8.56. The summed E-state index contributed by atoms with van der Waals surface area (Å²) in [5.74, 6) is 1.10. The van der Waals surface area contributed by atoms with Crippen LogP contribution < -0.4 is 9.05 Å². The normalized spacial score (nSPS) is 10.9. The van der Waals surface area contributed by atoms with Crippen LogP contribution in [-0.4, -0.2) is 4.89 Å². The lowest BCUT2D eigenvalue weighted by Gasteiger charge is -2.10. The van der Waals surface area contributed by atoms with Crippen molar-refractivity contribution in [1.82, 2.24) is 0 Å². The maximum absolute atomic E-state index is 10.0. The third-order valence-electron chi connectivity index (χ3n) is 1.92. The highest BCUT2D eigenvalue weighted by atomic mass is 79.9. The standard InChI is InChI=1S/C12H11BrO3P/c13-17(14,15-11-7-3-1-4-8-11)16-12-9-5-2-6-10-12/h1-10,14H/q+1. The summed E-state index contributed by atoms with van der Waals surface area (Å²) in [6.45, 7) is -3.07. The molecule has 2 rings (SSSR count). The lowest BCUT2D eigenvalue weighted by molar-refractivity contribution is 0.374. The van der Waals surface area contributed by atoms with E-state index in [2.05, 4.69) is 15.5 Å². The zero-order valence-electron chi connectivity index (χ0n) is 8.86. The monoisotopic (exact) mass is 313 g/mol. The van der Waals surface area contributed by atoms with E-state index in [1.54, 1.807) is 24.3 Å². The van der Waals surface area contributed by atoms with Crippen LogP contribution in [0.15, 0.2) is 60.7 Å². The second-order valence-corrected chi connectivity index (χ2v) is 7.22. The molecular formula is C12H11BrO3P+. The van der Waals surface area contributed by atoms with Crippen molar-refractivity contribution in [2.24, 2.45) is 0 Å². The fraction of sp³-hybridized carbons (Fsp3) is 0. The van der Waals surface area contributed by atoms with Crippen LogP contribution in [0.4, 0.5) is 0 Å². The molecule has 0 bridgehead atoms. The molecule has 0 aliphatic carbocycles. The van der Waals surface area contributed by atoms with Crippen molar-refractivity contribution in [2.75, 3.05) is 0 Å². The number of halogens is 1. The quantitative estimate of drug-likeness (QED) is 0.859. The van der Waals surface area contributed by atoms with Gasteiger partial charge in [-0.15, -0.1) is 0 Å². The molecule has 0 saturated carbocycles. The molecule has 0 aliphatic rings. The van der Waals surface area contributed by atoms with Gasteiger partial charge >= 0.3 is 6.65 Å². The van der Waals surface area contributed by atoms with Crippen molar-refractivity contribution in [3.63, 3.8) is 0 Å². The molecule has 0 radical (unpaired) electrons.